The number of carbonyl (C=O) groups is 1. The molecule has 1 aromatic rings. The van der Waals surface area contributed by atoms with Crippen LogP contribution in [0.4, 0.5) is 4.39 Å². The molecule has 19 heavy (non-hydrogen) atoms. The molecule has 0 bridgehead atoms. The quantitative estimate of drug-likeness (QED) is 0.837. The highest BCUT2D eigenvalue weighted by molar-refractivity contribution is 5.94. The number of hydrogen-bond acceptors (Lipinski definition) is 2. The highest BCUT2D eigenvalue weighted by Gasteiger charge is 2.47. The molecule has 3 rings (SSSR count). The number of rotatable bonds is 1. The molecular formula is C15H19FN2O. The number of likely N-dealkylation sites (tertiary alicyclic amines) is 1. The van der Waals surface area contributed by atoms with E-state index < -0.39 is 5.82 Å². The van der Waals surface area contributed by atoms with E-state index in [1.807, 2.05) is 6.92 Å². The number of fused-ring (bicyclic) bond motifs is 1. The molecule has 3 nitrogen and oxygen atoms in total. The van der Waals surface area contributed by atoms with Crippen molar-refractivity contribution >= 4 is 5.91 Å². The zero-order valence-corrected chi connectivity index (χ0v) is 11.4. The van der Waals surface area contributed by atoms with Gasteiger partial charge in [0.1, 0.15) is 5.82 Å². The second-order valence-electron chi connectivity index (χ2n) is 6.15. The Labute approximate surface area is 112 Å². The predicted octanol–water partition coefficient (Wildman–Crippen LogP) is 1.82. The molecule has 0 saturated carbocycles. The van der Waals surface area contributed by atoms with Gasteiger partial charge in [0.15, 0.2) is 0 Å². The van der Waals surface area contributed by atoms with Gasteiger partial charge in [0.05, 0.1) is 5.56 Å². The largest absolute Gasteiger partial charge is 0.338 e. The number of nitrogens with zero attached hydrogens (tertiary/aromatic N) is 1. The maximum Gasteiger partial charge on any atom is 0.256 e. The van der Waals surface area contributed by atoms with Crippen molar-refractivity contribution in [1.29, 1.82) is 0 Å². The van der Waals surface area contributed by atoms with E-state index in [0.717, 1.165) is 31.7 Å². The van der Waals surface area contributed by atoms with E-state index in [1.165, 1.54) is 6.07 Å². The summed E-state index contributed by atoms with van der Waals surface area (Å²) in [4.78, 5) is 14.2. The van der Waals surface area contributed by atoms with Crippen LogP contribution in [0.3, 0.4) is 0 Å². The molecule has 1 N–H and O–H groups in total. The van der Waals surface area contributed by atoms with Gasteiger partial charge in [-0.05, 0) is 30.5 Å². The summed E-state index contributed by atoms with van der Waals surface area (Å²) in [6, 6.07) is 4.81. The molecule has 2 aliphatic heterocycles. The Morgan fingerprint density at radius 2 is 2.32 bits per heavy atom. The topological polar surface area (TPSA) is 32.3 Å². The molecule has 0 aliphatic carbocycles. The fourth-order valence-electron chi connectivity index (χ4n) is 3.28. The molecule has 102 valence electrons. The highest BCUT2D eigenvalue weighted by Crippen LogP contribution is 2.38. The van der Waals surface area contributed by atoms with Crippen molar-refractivity contribution in [2.45, 2.75) is 13.8 Å². The Morgan fingerprint density at radius 1 is 1.53 bits per heavy atom. The van der Waals surface area contributed by atoms with Crippen LogP contribution in [-0.2, 0) is 0 Å². The molecule has 1 unspecified atom stereocenters. The Kier molecular flexibility index (Phi) is 2.86. The van der Waals surface area contributed by atoms with Gasteiger partial charge in [-0.1, -0.05) is 13.0 Å². The number of halogens is 1. The van der Waals surface area contributed by atoms with E-state index in [-0.39, 0.29) is 16.9 Å². The number of carbonyl (C=O) groups excluding carboxylic acids is 1. The van der Waals surface area contributed by atoms with Gasteiger partial charge in [0, 0.05) is 31.6 Å². The Morgan fingerprint density at radius 3 is 3.00 bits per heavy atom. The van der Waals surface area contributed by atoms with Gasteiger partial charge in [0.25, 0.3) is 5.91 Å². The first kappa shape index (κ1) is 12.6. The first-order valence-electron chi connectivity index (χ1n) is 6.76. The number of benzene rings is 1. The van der Waals surface area contributed by atoms with Gasteiger partial charge in [-0.25, -0.2) is 4.39 Å². The molecule has 0 spiro atoms. The number of nitrogens with one attached hydrogen (secondary N) is 1. The van der Waals surface area contributed by atoms with E-state index >= 15 is 0 Å². The maximum atomic E-state index is 13.9. The molecule has 2 aliphatic rings. The first-order chi connectivity index (χ1) is 8.99. The zero-order chi connectivity index (χ0) is 13.6. The first-order valence-corrected chi connectivity index (χ1v) is 6.76. The van der Waals surface area contributed by atoms with Crippen molar-refractivity contribution in [3.05, 3.63) is 35.1 Å². The summed E-state index contributed by atoms with van der Waals surface area (Å²) in [7, 11) is 0. The Balaban J connectivity index is 1.82. The fourth-order valence-corrected chi connectivity index (χ4v) is 3.28. The van der Waals surface area contributed by atoms with Gasteiger partial charge in [-0.15, -0.1) is 0 Å². The Hall–Kier alpha value is -1.42. The second kappa shape index (κ2) is 4.30. The third-order valence-electron chi connectivity index (χ3n) is 4.54. The minimum absolute atomic E-state index is 0.150. The fraction of sp³-hybridized carbons (Fsp3) is 0.533. The number of hydrogen-bond donors (Lipinski definition) is 1. The third-order valence-corrected chi connectivity index (χ3v) is 4.54. The van der Waals surface area contributed by atoms with Crippen molar-refractivity contribution < 1.29 is 9.18 Å². The summed E-state index contributed by atoms with van der Waals surface area (Å²) in [6.07, 6.45) is 0. The van der Waals surface area contributed by atoms with Gasteiger partial charge in [-0.2, -0.15) is 0 Å². The smallest absolute Gasteiger partial charge is 0.256 e. The van der Waals surface area contributed by atoms with Crippen molar-refractivity contribution in [3.63, 3.8) is 0 Å². The van der Waals surface area contributed by atoms with Crippen LogP contribution in [0.5, 0.6) is 0 Å². The lowest BCUT2D eigenvalue weighted by Gasteiger charge is -2.22. The summed E-state index contributed by atoms with van der Waals surface area (Å²) in [5, 5.41) is 3.37. The Bertz CT molecular complexity index is 531. The molecule has 1 aromatic carbocycles. The van der Waals surface area contributed by atoms with Crippen LogP contribution in [0, 0.1) is 24.1 Å². The number of aryl methyl sites for hydroxylation is 1. The van der Waals surface area contributed by atoms with Gasteiger partial charge in [-0.3, -0.25) is 4.79 Å². The summed E-state index contributed by atoms with van der Waals surface area (Å²) < 4.78 is 13.9. The molecule has 0 aromatic heterocycles. The van der Waals surface area contributed by atoms with Crippen LogP contribution in [-0.4, -0.2) is 37.0 Å². The molecular weight excluding hydrogens is 243 g/mol. The summed E-state index contributed by atoms with van der Waals surface area (Å²) in [5.41, 5.74) is 1.18. The zero-order valence-electron chi connectivity index (χ0n) is 11.4. The molecule has 1 amide bonds. The van der Waals surface area contributed by atoms with Crippen LogP contribution >= 0.6 is 0 Å². The van der Waals surface area contributed by atoms with Crippen LogP contribution in [0.25, 0.3) is 0 Å². The van der Waals surface area contributed by atoms with Gasteiger partial charge >= 0.3 is 0 Å². The predicted molar refractivity (Wildman–Crippen MR) is 71.5 cm³/mol. The highest BCUT2D eigenvalue weighted by atomic mass is 19.1. The summed E-state index contributed by atoms with van der Waals surface area (Å²) in [6.45, 7) is 7.38. The van der Waals surface area contributed by atoms with Crippen LogP contribution < -0.4 is 5.32 Å². The van der Waals surface area contributed by atoms with Crippen molar-refractivity contribution in [2.24, 2.45) is 11.3 Å². The van der Waals surface area contributed by atoms with Crippen molar-refractivity contribution in [2.75, 3.05) is 26.2 Å². The lowest BCUT2D eigenvalue weighted by atomic mass is 9.83. The average molecular weight is 262 g/mol. The molecule has 0 radical (unpaired) electrons. The average Bonchev–Trinajstić information content (AvgIpc) is 2.83. The standard InChI is InChI=1S/C15H19FN2O/c1-10-3-4-12(13(16)5-10)14(19)18-7-11-6-17-8-15(11,2)9-18/h3-5,11,17H,6-9H2,1-2H3/t11?,15-/m0/s1. The molecule has 2 atom stereocenters. The third kappa shape index (κ3) is 2.04. The molecule has 2 heterocycles. The molecule has 4 heteroatoms. The van der Waals surface area contributed by atoms with Crippen LogP contribution in [0.2, 0.25) is 0 Å². The van der Waals surface area contributed by atoms with E-state index in [1.54, 1.807) is 17.0 Å². The van der Waals surface area contributed by atoms with Crippen LogP contribution in [0.1, 0.15) is 22.8 Å². The SMILES string of the molecule is Cc1ccc(C(=O)N2CC3CNC[C@@]3(C)C2)c(F)c1. The van der Waals surface area contributed by atoms with E-state index in [4.69, 9.17) is 0 Å². The number of amides is 1. The molecule has 2 fully saturated rings. The maximum absolute atomic E-state index is 13.9. The van der Waals surface area contributed by atoms with Crippen molar-refractivity contribution in [3.8, 4) is 0 Å². The minimum atomic E-state index is -0.412. The monoisotopic (exact) mass is 262 g/mol. The van der Waals surface area contributed by atoms with Crippen LogP contribution in [0.15, 0.2) is 18.2 Å². The van der Waals surface area contributed by atoms with Gasteiger partial charge < -0.3 is 10.2 Å². The normalized spacial score (nSPS) is 29.6. The van der Waals surface area contributed by atoms with E-state index in [0.29, 0.717) is 5.92 Å². The molecule has 2 saturated heterocycles. The second-order valence-corrected chi connectivity index (χ2v) is 6.15. The summed E-state index contributed by atoms with van der Waals surface area (Å²) in [5.74, 6) is -0.0941. The lowest BCUT2D eigenvalue weighted by Crippen LogP contribution is -2.34. The minimum Gasteiger partial charge on any atom is -0.338 e. The van der Waals surface area contributed by atoms with E-state index in [9.17, 15) is 9.18 Å². The van der Waals surface area contributed by atoms with Crippen molar-refractivity contribution in [1.82, 2.24) is 10.2 Å². The summed E-state index contributed by atoms with van der Waals surface area (Å²) >= 11 is 0. The van der Waals surface area contributed by atoms with E-state index in [2.05, 4.69) is 12.2 Å². The van der Waals surface area contributed by atoms with Gasteiger partial charge in [0.2, 0.25) is 0 Å². The lowest BCUT2D eigenvalue weighted by molar-refractivity contribution is 0.0768.